The van der Waals surface area contributed by atoms with E-state index in [0.717, 1.165) is 5.56 Å². The van der Waals surface area contributed by atoms with Gasteiger partial charge in [-0.1, -0.05) is 17.7 Å². The minimum Gasteiger partial charge on any atom is -0.497 e. The summed E-state index contributed by atoms with van der Waals surface area (Å²) in [6.45, 7) is 1.58. The first-order chi connectivity index (χ1) is 12.4. The number of carbonyl (C=O) groups is 2. The average molecular weight is 379 g/mol. The van der Waals surface area contributed by atoms with Gasteiger partial charge in [0.1, 0.15) is 17.2 Å². The molecule has 0 aliphatic rings. The molecule has 2 aromatic rings. The molecule has 0 radical (unpaired) electrons. The lowest BCUT2D eigenvalue weighted by Crippen LogP contribution is -2.43. The average Bonchev–Trinajstić information content (AvgIpc) is 2.66. The van der Waals surface area contributed by atoms with Crippen LogP contribution in [0.25, 0.3) is 0 Å². The molecule has 138 valence electrons. The minimum atomic E-state index is -0.536. The van der Waals surface area contributed by atoms with Crippen LogP contribution in [0.4, 0.5) is 0 Å². The number of ether oxygens (including phenoxy) is 3. The van der Waals surface area contributed by atoms with Crippen molar-refractivity contribution in [1.82, 2.24) is 10.9 Å². The van der Waals surface area contributed by atoms with E-state index in [1.54, 1.807) is 18.2 Å². The predicted octanol–water partition coefficient (Wildman–Crippen LogP) is 2.51. The van der Waals surface area contributed by atoms with Crippen LogP contribution in [-0.4, -0.2) is 32.6 Å². The Morgan fingerprint density at radius 2 is 1.65 bits per heavy atom. The molecule has 26 heavy (non-hydrogen) atoms. The molecule has 2 amide bonds. The van der Waals surface area contributed by atoms with Crippen LogP contribution < -0.4 is 25.1 Å². The second kappa shape index (κ2) is 8.96. The molecule has 0 unspecified atom stereocenters. The third kappa shape index (κ3) is 5.29. The number of amides is 2. The summed E-state index contributed by atoms with van der Waals surface area (Å²) >= 11 is 5.99. The van der Waals surface area contributed by atoms with Crippen molar-refractivity contribution in [3.05, 3.63) is 52.5 Å². The number of hydrazine groups is 1. The Bertz CT molecular complexity index is 788. The highest BCUT2D eigenvalue weighted by molar-refractivity contribution is 6.32. The molecule has 2 N–H and O–H groups in total. The summed E-state index contributed by atoms with van der Waals surface area (Å²) in [6.07, 6.45) is 0. The minimum absolute atomic E-state index is 0.268. The molecule has 0 spiro atoms. The maximum Gasteiger partial charge on any atom is 0.276 e. The van der Waals surface area contributed by atoms with E-state index in [4.69, 9.17) is 25.8 Å². The zero-order chi connectivity index (χ0) is 19.1. The van der Waals surface area contributed by atoms with E-state index < -0.39 is 11.8 Å². The number of carbonyl (C=O) groups excluding carboxylic acids is 2. The zero-order valence-corrected chi connectivity index (χ0v) is 15.3. The van der Waals surface area contributed by atoms with Crippen LogP contribution in [0.5, 0.6) is 17.2 Å². The Hall–Kier alpha value is -2.93. The van der Waals surface area contributed by atoms with Gasteiger partial charge in [0.05, 0.1) is 19.2 Å². The molecular formula is C18H19ClN2O5. The van der Waals surface area contributed by atoms with Crippen molar-refractivity contribution >= 4 is 23.4 Å². The molecule has 7 nitrogen and oxygen atoms in total. The second-order valence-electron chi connectivity index (χ2n) is 5.33. The van der Waals surface area contributed by atoms with E-state index in [1.807, 2.05) is 13.0 Å². The van der Waals surface area contributed by atoms with E-state index in [1.165, 1.54) is 26.4 Å². The summed E-state index contributed by atoms with van der Waals surface area (Å²) in [4.78, 5) is 24.0. The first kappa shape index (κ1) is 19.4. The SMILES string of the molecule is COc1cc(OC)cc(C(=O)NNC(=O)COc2cc(C)ccc2Cl)c1. The summed E-state index contributed by atoms with van der Waals surface area (Å²) in [5.74, 6) is 0.247. The molecule has 0 fully saturated rings. The molecule has 0 aliphatic heterocycles. The van der Waals surface area contributed by atoms with Crippen LogP contribution in [0.3, 0.4) is 0 Å². The molecular weight excluding hydrogens is 360 g/mol. The van der Waals surface area contributed by atoms with Gasteiger partial charge in [-0.15, -0.1) is 0 Å². The van der Waals surface area contributed by atoms with Crippen LogP contribution in [0.15, 0.2) is 36.4 Å². The standard InChI is InChI=1S/C18H19ClN2O5/c1-11-4-5-15(19)16(6-11)26-10-17(22)20-21-18(23)12-7-13(24-2)9-14(8-12)25-3/h4-9H,10H2,1-3H3,(H,20,22)(H,21,23). The Labute approximate surface area is 156 Å². The number of hydrogen-bond acceptors (Lipinski definition) is 5. The zero-order valence-electron chi connectivity index (χ0n) is 14.6. The summed E-state index contributed by atoms with van der Waals surface area (Å²) in [7, 11) is 2.96. The van der Waals surface area contributed by atoms with E-state index in [2.05, 4.69) is 10.9 Å². The number of hydrogen-bond donors (Lipinski definition) is 2. The van der Waals surface area contributed by atoms with Gasteiger partial charge in [-0.3, -0.25) is 20.4 Å². The van der Waals surface area contributed by atoms with Crippen molar-refractivity contribution in [3.8, 4) is 17.2 Å². The van der Waals surface area contributed by atoms with Gasteiger partial charge < -0.3 is 14.2 Å². The molecule has 2 aromatic carbocycles. The number of halogens is 1. The molecule has 0 heterocycles. The predicted molar refractivity (Wildman–Crippen MR) is 96.8 cm³/mol. The molecule has 0 bridgehead atoms. The van der Waals surface area contributed by atoms with Crippen molar-refractivity contribution in [1.29, 1.82) is 0 Å². The van der Waals surface area contributed by atoms with Crippen LogP contribution in [0.1, 0.15) is 15.9 Å². The van der Waals surface area contributed by atoms with E-state index in [-0.39, 0.29) is 12.2 Å². The molecule has 0 saturated heterocycles. The van der Waals surface area contributed by atoms with E-state index in [0.29, 0.717) is 22.3 Å². The Morgan fingerprint density at radius 3 is 2.27 bits per heavy atom. The summed E-state index contributed by atoms with van der Waals surface area (Å²) in [6, 6.07) is 9.91. The number of rotatable bonds is 6. The van der Waals surface area contributed by atoms with Gasteiger partial charge >= 0.3 is 0 Å². The van der Waals surface area contributed by atoms with Crippen molar-refractivity contribution in [2.45, 2.75) is 6.92 Å². The van der Waals surface area contributed by atoms with Gasteiger partial charge in [0.2, 0.25) is 0 Å². The van der Waals surface area contributed by atoms with Crippen molar-refractivity contribution in [2.75, 3.05) is 20.8 Å². The van der Waals surface area contributed by atoms with Crippen molar-refractivity contribution < 1.29 is 23.8 Å². The molecule has 8 heteroatoms. The van der Waals surface area contributed by atoms with Gasteiger partial charge in [0.25, 0.3) is 11.8 Å². The molecule has 0 saturated carbocycles. The topological polar surface area (TPSA) is 85.9 Å². The lowest BCUT2D eigenvalue weighted by Gasteiger charge is -2.11. The van der Waals surface area contributed by atoms with E-state index in [9.17, 15) is 9.59 Å². The third-order valence-electron chi connectivity index (χ3n) is 3.37. The van der Waals surface area contributed by atoms with Crippen molar-refractivity contribution in [3.63, 3.8) is 0 Å². The van der Waals surface area contributed by atoms with Crippen LogP contribution in [0, 0.1) is 6.92 Å². The van der Waals surface area contributed by atoms with Gasteiger partial charge in [0, 0.05) is 11.6 Å². The Balaban J connectivity index is 1.90. The largest absolute Gasteiger partial charge is 0.497 e. The van der Waals surface area contributed by atoms with Crippen LogP contribution >= 0.6 is 11.6 Å². The molecule has 0 atom stereocenters. The highest BCUT2D eigenvalue weighted by Crippen LogP contribution is 2.25. The molecule has 0 aromatic heterocycles. The Morgan fingerprint density at radius 1 is 1.00 bits per heavy atom. The number of benzene rings is 2. The third-order valence-corrected chi connectivity index (χ3v) is 3.69. The first-order valence-electron chi connectivity index (χ1n) is 7.64. The van der Waals surface area contributed by atoms with Gasteiger partial charge in [0.15, 0.2) is 6.61 Å². The fourth-order valence-corrected chi connectivity index (χ4v) is 2.21. The monoisotopic (exact) mass is 378 g/mol. The quantitative estimate of drug-likeness (QED) is 0.754. The van der Waals surface area contributed by atoms with Gasteiger partial charge in [-0.05, 0) is 36.8 Å². The maximum atomic E-state index is 12.2. The number of aryl methyl sites for hydroxylation is 1. The van der Waals surface area contributed by atoms with Gasteiger partial charge in [-0.2, -0.15) is 0 Å². The summed E-state index contributed by atoms with van der Waals surface area (Å²) in [5.41, 5.74) is 5.79. The Kier molecular flexibility index (Phi) is 6.68. The van der Waals surface area contributed by atoms with E-state index >= 15 is 0 Å². The van der Waals surface area contributed by atoms with Gasteiger partial charge in [-0.25, -0.2) is 0 Å². The first-order valence-corrected chi connectivity index (χ1v) is 8.02. The van der Waals surface area contributed by atoms with Crippen LogP contribution in [-0.2, 0) is 4.79 Å². The lowest BCUT2D eigenvalue weighted by atomic mass is 10.2. The van der Waals surface area contributed by atoms with Crippen molar-refractivity contribution in [2.24, 2.45) is 0 Å². The second-order valence-corrected chi connectivity index (χ2v) is 5.73. The molecule has 0 aliphatic carbocycles. The number of nitrogens with one attached hydrogen (secondary N) is 2. The smallest absolute Gasteiger partial charge is 0.276 e. The fourth-order valence-electron chi connectivity index (χ4n) is 2.04. The van der Waals surface area contributed by atoms with Crippen LogP contribution in [0.2, 0.25) is 5.02 Å². The highest BCUT2D eigenvalue weighted by Gasteiger charge is 2.12. The fraction of sp³-hybridized carbons (Fsp3) is 0.222. The molecule has 2 rings (SSSR count). The number of methoxy groups -OCH3 is 2. The summed E-state index contributed by atoms with van der Waals surface area (Å²) in [5, 5.41) is 0.399. The highest BCUT2D eigenvalue weighted by atomic mass is 35.5. The normalized spacial score (nSPS) is 10.0. The maximum absolute atomic E-state index is 12.2. The summed E-state index contributed by atoms with van der Waals surface area (Å²) < 4.78 is 15.6. The lowest BCUT2D eigenvalue weighted by molar-refractivity contribution is -0.123.